The molecule has 0 aliphatic heterocycles. The zero-order chi connectivity index (χ0) is 20.3. The van der Waals surface area contributed by atoms with Gasteiger partial charge in [-0.25, -0.2) is 9.37 Å². The van der Waals surface area contributed by atoms with E-state index in [0.717, 1.165) is 27.1 Å². The summed E-state index contributed by atoms with van der Waals surface area (Å²) >= 11 is 3.10. The normalized spacial score (nSPS) is 11.1. The second-order valence-corrected chi connectivity index (χ2v) is 8.19. The summed E-state index contributed by atoms with van der Waals surface area (Å²) in [5.41, 5.74) is 2.80. The highest BCUT2D eigenvalue weighted by molar-refractivity contribution is 7.98. The first kappa shape index (κ1) is 18.8. The maximum Gasteiger partial charge on any atom is 0.205 e. The van der Waals surface area contributed by atoms with Gasteiger partial charge in [0, 0.05) is 22.4 Å². The second-order valence-electron chi connectivity index (χ2n) is 6.39. The molecule has 5 rings (SSSR count). The molecule has 0 radical (unpaired) electrons. The van der Waals surface area contributed by atoms with Gasteiger partial charge in [-0.15, -0.1) is 21.5 Å². The van der Waals surface area contributed by atoms with Crippen molar-refractivity contribution in [3.8, 4) is 27.8 Å². The molecule has 5 aromatic rings. The molecule has 0 atom stereocenters. The lowest BCUT2D eigenvalue weighted by Gasteiger charge is -2.08. The molecule has 3 aromatic heterocycles. The van der Waals surface area contributed by atoms with Crippen molar-refractivity contribution in [2.45, 2.75) is 10.9 Å². The molecule has 5 nitrogen and oxygen atoms in total. The minimum absolute atomic E-state index is 0.251. The van der Waals surface area contributed by atoms with Crippen LogP contribution >= 0.6 is 23.1 Å². The van der Waals surface area contributed by atoms with Crippen LogP contribution in [-0.2, 0) is 5.75 Å². The van der Waals surface area contributed by atoms with Gasteiger partial charge in [0.25, 0.3) is 0 Å². The van der Waals surface area contributed by atoms with Gasteiger partial charge in [-0.1, -0.05) is 30.0 Å². The smallest absolute Gasteiger partial charge is 0.205 e. The molecule has 0 unspecified atom stereocenters. The first-order valence-electron chi connectivity index (χ1n) is 9.16. The van der Waals surface area contributed by atoms with Crippen molar-refractivity contribution in [1.29, 1.82) is 0 Å². The Bertz CT molecular complexity index is 1250. The van der Waals surface area contributed by atoms with Crippen LogP contribution in [0.4, 0.5) is 4.39 Å². The topological polar surface area (TPSA) is 56.7 Å². The largest absolute Gasteiger partial charge is 0.461 e. The minimum atomic E-state index is -0.251. The molecule has 0 bridgehead atoms. The lowest BCUT2D eigenvalue weighted by atomic mass is 10.2. The van der Waals surface area contributed by atoms with Crippen molar-refractivity contribution in [2.24, 2.45) is 0 Å². The number of halogens is 1. The van der Waals surface area contributed by atoms with Crippen LogP contribution in [0.1, 0.15) is 5.69 Å². The Kier molecular flexibility index (Phi) is 5.17. The number of hydrogen-bond acceptors (Lipinski definition) is 6. The van der Waals surface area contributed by atoms with Crippen molar-refractivity contribution in [1.82, 2.24) is 19.7 Å². The molecule has 0 aliphatic rings. The van der Waals surface area contributed by atoms with Gasteiger partial charge in [-0.2, -0.15) is 0 Å². The van der Waals surface area contributed by atoms with E-state index < -0.39 is 0 Å². The number of aromatic nitrogens is 4. The number of thiazole rings is 1. The molecule has 0 fully saturated rings. The molecule has 0 saturated heterocycles. The summed E-state index contributed by atoms with van der Waals surface area (Å²) in [7, 11) is 0. The fourth-order valence-corrected chi connectivity index (χ4v) is 4.75. The van der Waals surface area contributed by atoms with Gasteiger partial charge in [0.15, 0.2) is 10.9 Å². The highest BCUT2D eigenvalue weighted by Gasteiger charge is 2.18. The average Bonchev–Trinajstić information content (AvgIpc) is 3.53. The van der Waals surface area contributed by atoms with Crippen molar-refractivity contribution < 1.29 is 8.81 Å². The standard InChI is InChI=1S/C22H15FN4OS2/c23-16-10-8-15(9-11-16)21-24-17(13-29-21)14-30-22-26-25-20(19-7-4-12-28-19)27(22)18-5-2-1-3-6-18/h1-13H,14H2. The SMILES string of the molecule is Fc1ccc(-c2nc(CSc3nnc(-c4ccco4)n3-c3ccccc3)cs2)cc1. The average molecular weight is 435 g/mol. The van der Waals surface area contributed by atoms with Gasteiger partial charge in [0.05, 0.1) is 12.0 Å². The monoisotopic (exact) mass is 434 g/mol. The van der Waals surface area contributed by atoms with E-state index in [9.17, 15) is 4.39 Å². The highest BCUT2D eigenvalue weighted by Crippen LogP contribution is 2.31. The molecule has 0 amide bonds. The van der Waals surface area contributed by atoms with Crippen LogP contribution in [0.2, 0.25) is 0 Å². The number of nitrogens with zero attached hydrogens (tertiary/aromatic N) is 4. The van der Waals surface area contributed by atoms with Crippen LogP contribution in [0.25, 0.3) is 27.8 Å². The Balaban J connectivity index is 1.41. The fraction of sp³-hybridized carbons (Fsp3) is 0.0455. The Morgan fingerprint density at radius 3 is 2.57 bits per heavy atom. The maximum absolute atomic E-state index is 13.2. The minimum Gasteiger partial charge on any atom is -0.461 e. The van der Waals surface area contributed by atoms with E-state index in [1.54, 1.807) is 41.5 Å². The summed E-state index contributed by atoms with van der Waals surface area (Å²) in [4.78, 5) is 4.68. The summed E-state index contributed by atoms with van der Waals surface area (Å²) in [5.74, 6) is 1.70. The fourth-order valence-electron chi connectivity index (χ4n) is 2.98. The van der Waals surface area contributed by atoms with E-state index in [1.165, 1.54) is 12.1 Å². The van der Waals surface area contributed by atoms with Gasteiger partial charge < -0.3 is 4.42 Å². The predicted octanol–water partition coefficient (Wildman–Crippen LogP) is 6.08. The van der Waals surface area contributed by atoms with Crippen molar-refractivity contribution in [2.75, 3.05) is 0 Å². The molecule has 0 spiro atoms. The Morgan fingerprint density at radius 1 is 0.967 bits per heavy atom. The molecule has 30 heavy (non-hydrogen) atoms. The van der Waals surface area contributed by atoms with E-state index in [1.807, 2.05) is 52.4 Å². The summed E-state index contributed by atoms with van der Waals surface area (Å²) < 4.78 is 20.7. The number of hydrogen-bond donors (Lipinski definition) is 0. The van der Waals surface area contributed by atoms with E-state index in [4.69, 9.17) is 4.42 Å². The molecule has 0 N–H and O–H groups in total. The third-order valence-electron chi connectivity index (χ3n) is 4.38. The maximum atomic E-state index is 13.2. The molecule has 8 heteroatoms. The molecule has 3 heterocycles. The first-order chi connectivity index (χ1) is 14.8. The van der Waals surface area contributed by atoms with Crippen molar-refractivity contribution in [3.63, 3.8) is 0 Å². The summed E-state index contributed by atoms with van der Waals surface area (Å²) in [6.07, 6.45) is 1.62. The van der Waals surface area contributed by atoms with E-state index in [-0.39, 0.29) is 5.82 Å². The van der Waals surface area contributed by atoms with Crippen LogP contribution in [0.15, 0.2) is 87.9 Å². The summed E-state index contributed by atoms with van der Waals surface area (Å²) in [6.45, 7) is 0. The molecule has 0 saturated carbocycles. The Hall–Kier alpha value is -3.23. The zero-order valence-electron chi connectivity index (χ0n) is 15.6. The number of thioether (sulfide) groups is 1. The quantitative estimate of drug-likeness (QED) is 0.303. The van der Waals surface area contributed by atoms with Crippen LogP contribution in [0.5, 0.6) is 0 Å². The zero-order valence-corrected chi connectivity index (χ0v) is 17.2. The molecule has 2 aromatic carbocycles. The summed E-state index contributed by atoms with van der Waals surface area (Å²) in [6, 6.07) is 20.0. The van der Waals surface area contributed by atoms with Crippen molar-refractivity contribution in [3.05, 3.63) is 89.9 Å². The Morgan fingerprint density at radius 2 is 1.80 bits per heavy atom. The Labute approximate surface area is 180 Å². The van der Waals surface area contributed by atoms with Crippen LogP contribution < -0.4 is 0 Å². The van der Waals surface area contributed by atoms with E-state index in [2.05, 4.69) is 15.2 Å². The first-order valence-corrected chi connectivity index (χ1v) is 11.0. The number of para-hydroxylation sites is 1. The predicted molar refractivity (Wildman–Crippen MR) is 116 cm³/mol. The van der Waals surface area contributed by atoms with Crippen molar-refractivity contribution >= 4 is 23.1 Å². The molecule has 0 aliphatic carbocycles. The van der Waals surface area contributed by atoms with Crippen LogP contribution in [0.3, 0.4) is 0 Å². The number of furan rings is 1. The highest BCUT2D eigenvalue weighted by atomic mass is 32.2. The second kappa shape index (κ2) is 8.25. The lowest BCUT2D eigenvalue weighted by molar-refractivity contribution is 0.575. The molecule has 148 valence electrons. The number of rotatable bonds is 6. The van der Waals surface area contributed by atoms with Crippen LogP contribution in [0, 0.1) is 5.82 Å². The third-order valence-corrected chi connectivity index (χ3v) is 6.28. The molecular formula is C22H15FN4OS2. The van der Waals surface area contributed by atoms with Gasteiger partial charge >= 0.3 is 0 Å². The third kappa shape index (κ3) is 3.79. The van der Waals surface area contributed by atoms with Gasteiger partial charge in [0.1, 0.15) is 10.8 Å². The molecular weight excluding hydrogens is 419 g/mol. The van der Waals surface area contributed by atoms with E-state index >= 15 is 0 Å². The van der Waals surface area contributed by atoms with Gasteiger partial charge in [-0.3, -0.25) is 4.57 Å². The van der Waals surface area contributed by atoms with Gasteiger partial charge in [-0.05, 0) is 48.5 Å². The van der Waals surface area contributed by atoms with Gasteiger partial charge in [0.2, 0.25) is 5.82 Å². The van der Waals surface area contributed by atoms with E-state index in [0.29, 0.717) is 17.3 Å². The summed E-state index contributed by atoms with van der Waals surface area (Å²) in [5, 5.41) is 12.4. The lowest BCUT2D eigenvalue weighted by Crippen LogP contribution is -1.99. The van der Waals surface area contributed by atoms with Crippen LogP contribution in [-0.4, -0.2) is 19.7 Å². The number of benzene rings is 2.